The number of carbonyl (C=O) groups is 2. The van der Waals surface area contributed by atoms with Crippen LogP contribution in [0.3, 0.4) is 0 Å². The van der Waals surface area contributed by atoms with Crippen molar-refractivity contribution < 1.29 is 19.1 Å². The zero-order valence-electron chi connectivity index (χ0n) is 12.6. The fraction of sp³-hybridized carbons (Fsp3) is 0.600. The lowest BCUT2D eigenvalue weighted by Gasteiger charge is -2.23. The van der Waals surface area contributed by atoms with Gasteiger partial charge in [-0.25, -0.2) is 0 Å². The van der Waals surface area contributed by atoms with Crippen LogP contribution in [-0.2, 0) is 19.1 Å². The van der Waals surface area contributed by atoms with Crippen molar-refractivity contribution in [3.63, 3.8) is 0 Å². The number of thiophene rings is 1. The van der Waals surface area contributed by atoms with Crippen LogP contribution < -0.4 is 0 Å². The second-order valence-electron chi connectivity index (χ2n) is 5.17. The summed E-state index contributed by atoms with van der Waals surface area (Å²) in [5, 5.41) is 2.00. The summed E-state index contributed by atoms with van der Waals surface area (Å²) in [6.07, 6.45) is 0.404. The van der Waals surface area contributed by atoms with E-state index in [0.717, 1.165) is 4.88 Å². The lowest BCUT2D eigenvalue weighted by Crippen LogP contribution is -2.44. The van der Waals surface area contributed by atoms with Gasteiger partial charge in [-0.15, -0.1) is 11.3 Å². The van der Waals surface area contributed by atoms with Crippen LogP contribution in [0.4, 0.5) is 0 Å². The molecule has 0 aromatic carbocycles. The first-order valence-corrected chi connectivity index (χ1v) is 8.01. The van der Waals surface area contributed by atoms with Crippen molar-refractivity contribution in [2.45, 2.75) is 26.3 Å². The van der Waals surface area contributed by atoms with Crippen molar-refractivity contribution in [1.82, 2.24) is 4.90 Å². The molecule has 6 heteroatoms. The number of esters is 2. The molecule has 1 aliphatic heterocycles. The minimum absolute atomic E-state index is 0.0406. The third-order valence-electron chi connectivity index (χ3n) is 3.80. The van der Waals surface area contributed by atoms with Crippen molar-refractivity contribution in [3.8, 4) is 0 Å². The molecule has 1 aliphatic rings. The Hall–Kier alpha value is -1.40. The van der Waals surface area contributed by atoms with Gasteiger partial charge in [-0.3, -0.25) is 14.5 Å². The topological polar surface area (TPSA) is 55.8 Å². The summed E-state index contributed by atoms with van der Waals surface area (Å²) in [5.41, 5.74) is -1.21. The third-order valence-corrected chi connectivity index (χ3v) is 4.77. The maximum Gasteiger partial charge on any atom is 0.324 e. The van der Waals surface area contributed by atoms with Gasteiger partial charge in [0.15, 0.2) is 5.41 Å². The van der Waals surface area contributed by atoms with Gasteiger partial charge < -0.3 is 9.47 Å². The van der Waals surface area contributed by atoms with Crippen LogP contribution in [0.15, 0.2) is 17.5 Å². The highest BCUT2D eigenvalue weighted by Crippen LogP contribution is 2.45. The molecule has 0 spiro atoms. The molecular weight excluding hydrogens is 290 g/mol. The monoisotopic (exact) mass is 311 g/mol. The van der Waals surface area contributed by atoms with Gasteiger partial charge >= 0.3 is 11.9 Å². The van der Waals surface area contributed by atoms with Gasteiger partial charge in [0, 0.05) is 17.5 Å². The first-order valence-electron chi connectivity index (χ1n) is 7.13. The molecule has 1 aromatic heterocycles. The Morgan fingerprint density at radius 3 is 2.43 bits per heavy atom. The zero-order valence-corrected chi connectivity index (χ0v) is 13.4. The maximum absolute atomic E-state index is 12.4. The van der Waals surface area contributed by atoms with E-state index in [0.29, 0.717) is 13.0 Å². The quantitative estimate of drug-likeness (QED) is 0.616. The number of carbonyl (C=O) groups excluding carboxylic acids is 2. The van der Waals surface area contributed by atoms with Gasteiger partial charge in [-0.1, -0.05) is 6.07 Å². The molecule has 0 N–H and O–H groups in total. The first-order chi connectivity index (χ1) is 10.0. The molecule has 1 unspecified atom stereocenters. The van der Waals surface area contributed by atoms with E-state index in [2.05, 4.69) is 0 Å². The summed E-state index contributed by atoms with van der Waals surface area (Å²) in [5.74, 6) is -0.955. The molecule has 2 heterocycles. The van der Waals surface area contributed by atoms with Crippen LogP contribution in [0.2, 0.25) is 0 Å². The summed E-state index contributed by atoms with van der Waals surface area (Å²) in [6, 6.07) is 4.04. The second-order valence-corrected chi connectivity index (χ2v) is 6.15. The highest BCUT2D eigenvalue weighted by atomic mass is 32.1. The SMILES string of the molecule is CCOC(=O)C1(C(=O)OCC)CC(c2cccs2)N(C)C1. The van der Waals surface area contributed by atoms with Crippen LogP contribution >= 0.6 is 11.3 Å². The Kier molecular flexibility index (Phi) is 5.00. The molecule has 1 aromatic rings. The van der Waals surface area contributed by atoms with E-state index in [-0.39, 0.29) is 19.3 Å². The van der Waals surface area contributed by atoms with Crippen LogP contribution in [0.5, 0.6) is 0 Å². The average molecular weight is 311 g/mol. The summed E-state index contributed by atoms with van der Waals surface area (Å²) in [6.45, 7) is 4.33. The van der Waals surface area contributed by atoms with Gasteiger partial charge in [0.25, 0.3) is 0 Å². The largest absolute Gasteiger partial charge is 0.465 e. The predicted octanol–water partition coefficient (Wildman–Crippen LogP) is 2.24. The summed E-state index contributed by atoms with van der Waals surface area (Å²) >= 11 is 1.63. The van der Waals surface area contributed by atoms with Crippen molar-refractivity contribution in [2.24, 2.45) is 5.41 Å². The van der Waals surface area contributed by atoms with Gasteiger partial charge in [0.05, 0.1) is 13.2 Å². The number of likely N-dealkylation sites (tertiary alicyclic amines) is 1. The molecule has 0 saturated carbocycles. The van der Waals surface area contributed by atoms with Crippen molar-refractivity contribution >= 4 is 23.3 Å². The number of nitrogens with zero attached hydrogens (tertiary/aromatic N) is 1. The summed E-state index contributed by atoms with van der Waals surface area (Å²) in [4.78, 5) is 28.0. The van der Waals surface area contributed by atoms with E-state index in [1.165, 1.54) is 0 Å². The number of rotatable bonds is 5. The normalized spacial score (nSPS) is 21.2. The molecule has 2 rings (SSSR count). The Morgan fingerprint density at radius 2 is 1.95 bits per heavy atom. The third kappa shape index (κ3) is 2.96. The fourth-order valence-electron chi connectivity index (χ4n) is 2.80. The van der Waals surface area contributed by atoms with E-state index in [4.69, 9.17) is 9.47 Å². The minimum atomic E-state index is -1.21. The van der Waals surface area contributed by atoms with Crippen LogP contribution in [0.1, 0.15) is 31.2 Å². The molecule has 0 bridgehead atoms. The Labute approximate surface area is 128 Å². The van der Waals surface area contributed by atoms with Gasteiger partial charge in [-0.2, -0.15) is 0 Å². The fourth-order valence-corrected chi connectivity index (χ4v) is 3.69. The van der Waals surface area contributed by atoms with E-state index in [1.54, 1.807) is 25.2 Å². The molecule has 1 atom stereocenters. The number of hydrogen-bond acceptors (Lipinski definition) is 6. The number of hydrogen-bond donors (Lipinski definition) is 0. The first kappa shape index (κ1) is 16.0. The molecule has 0 aliphatic carbocycles. The van der Waals surface area contributed by atoms with Gasteiger partial charge in [-0.05, 0) is 38.8 Å². The average Bonchev–Trinajstić information content (AvgIpc) is 3.07. The van der Waals surface area contributed by atoms with Gasteiger partial charge in [0.1, 0.15) is 0 Å². The molecule has 21 heavy (non-hydrogen) atoms. The lowest BCUT2D eigenvalue weighted by atomic mass is 9.85. The smallest absolute Gasteiger partial charge is 0.324 e. The van der Waals surface area contributed by atoms with Crippen LogP contribution in [-0.4, -0.2) is 43.6 Å². The highest BCUT2D eigenvalue weighted by molar-refractivity contribution is 7.10. The molecule has 0 radical (unpaired) electrons. The van der Waals surface area contributed by atoms with E-state index < -0.39 is 17.4 Å². The van der Waals surface area contributed by atoms with Crippen LogP contribution in [0, 0.1) is 5.41 Å². The molecule has 116 valence electrons. The zero-order chi connectivity index (χ0) is 15.5. The van der Waals surface area contributed by atoms with Crippen LogP contribution in [0.25, 0.3) is 0 Å². The Morgan fingerprint density at radius 1 is 1.33 bits per heavy atom. The molecule has 1 saturated heterocycles. The molecule has 5 nitrogen and oxygen atoms in total. The lowest BCUT2D eigenvalue weighted by molar-refractivity contribution is -0.171. The van der Waals surface area contributed by atoms with E-state index in [1.807, 2.05) is 29.5 Å². The van der Waals surface area contributed by atoms with Crippen molar-refractivity contribution in [2.75, 3.05) is 26.8 Å². The summed E-state index contributed by atoms with van der Waals surface area (Å²) < 4.78 is 10.3. The minimum Gasteiger partial charge on any atom is -0.465 e. The highest BCUT2D eigenvalue weighted by Gasteiger charge is 2.56. The molecule has 0 amide bonds. The molecule has 1 fully saturated rings. The predicted molar refractivity (Wildman–Crippen MR) is 80.0 cm³/mol. The van der Waals surface area contributed by atoms with E-state index >= 15 is 0 Å². The maximum atomic E-state index is 12.4. The Balaban J connectivity index is 2.29. The standard InChI is InChI=1S/C15H21NO4S/c1-4-19-13(17)15(14(18)20-5-2)9-11(16(3)10-15)12-7-6-8-21-12/h6-8,11H,4-5,9-10H2,1-3H3. The summed E-state index contributed by atoms with van der Waals surface area (Å²) in [7, 11) is 1.92. The van der Waals surface area contributed by atoms with Crippen molar-refractivity contribution in [3.05, 3.63) is 22.4 Å². The molecular formula is C15H21NO4S. The number of ether oxygens (including phenoxy) is 2. The Bertz CT molecular complexity index is 482. The second kappa shape index (κ2) is 6.58. The van der Waals surface area contributed by atoms with Gasteiger partial charge in [0.2, 0.25) is 0 Å². The van der Waals surface area contributed by atoms with Crippen molar-refractivity contribution in [1.29, 1.82) is 0 Å². The van der Waals surface area contributed by atoms with E-state index in [9.17, 15) is 9.59 Å².